The predicted molar refractivity (Wildman–Crippen MR) is 65.7 cm³/mol. The van der Waals surface area contributed by atoms with E-state index in [9.17, 15) is 13.2 Å². The molecule has 0 radical (unpaired) electrons. The van der Waals surface area contributed by atoms with Crippen molar-refractivity contribution in [2.75, 3.05) is 13.1 Å². The number of benzene rings is 1. The summed E-state index contributed by atoms with van der Waals surface area (Å²) in [4.78, 5) is 0. The van der Waals surface area contributed by atoms with Gasteiger partial charge >= 0.3 is 6.18 Å². The van der Waals surface area contributed by atoms with Gasteiger partial charge in [0.25, 0.3) is 0 Å². The first-order valence-corrected chi connectivity index (χ1v) is 6.12. The van der Waals surface area contributed by atoms with Crippen LogP contribution in [0.1, 0.15) is 11.6 Å². The minimum Gasteiger partial charge on any atom is -0.454 e. The summed E-state index contributed by atoms with van der Waals surface area (Å²) in [6, 6.07) is 5.07. The van der Waals surface area contributed by atoms with Crippen molar-refractivity contribution in [3.8, 4) is 11.5 Å². The van der Waals surface area contributed by atoms with Crippen LogP contribution in [0.4, 0.5) is 13.2 Å². The molecule has 1 saturated heterocycles. The average molecular weight is 283 g/mol. The van der Waals surface area contributed by atoms with Crippen LogP contribution < -0.4 is 10.1 Å². The fourth-order valence-electron chi connectivity index (χ4n) is 1.91. The molecule has 0 atom stereocenters. The Bertz CT molecular complexity index is 605. The molecule has 0 bridgehead atoms. The fourth-order valence-corrected chi connectivity index (χ4v) is 1.91. The second-order valence-corrected chi connectivity index (χ2v) is 4.60. The second kappa shape index (κ2) is 4.82. The molecule has 2 aromatic rings. The average Bonchev–Trinajstić information content (AvgIpc) is 2.74. The predicted octanol–water partition coefficient (Wildman–Crippen LogP) is 2.84. The molecule has 1 aliphatic heterocycles. The van der Waals surface area contributed by atoms with Crippen molar-refractivity contribution in [2.24, 2.45) is 0 Å². The molecular formula is C13H12F3N3O. The molecule has 1 aromatic heterocycles. The number of aromatic nitrogens is 2. The Morgan fingerprint density at radius 1 is 1.25 bits per heavy atom. The standard InChI is InChI=1S/C13H12F3N3O/c14-13(15,16)9-2-1-3-11(4-9)20-12-7-18-19(8-12)10-5-17-6-10/h1-4,7-8,10,17H,5-6H2. The van der Waals surface area contributed by atoms with Crippen molar-refractivity contribution in [1.82, 2.24) is 15.1 Å². The van der Waals surface area contributed by atoms with Crippen LogP contribution in [0.25, 0.3) is 0 Å². The van der Waals surface area contributed by atoms with Gasteiger partial charge in [-0.15, -0.1) is 0 Å². The molecule has 106 valence electrons. The molecule has 1 aromatic carbocycles. The number of nitrogens with zero attached hydrogens (tertiary/aromatic N) is 2. The number of hydrogen-bond donors (Lipinski definition) is 1. The van der Waals surface area contributed by atoms with Crippen LogP contribution in [0, 0.1) is 0 Å². The van der Waals surface area contributed by atoms with E-state index in [1.54, 1.807) is 10.9 Å². The third kappa shape index (κ3) is 2.62. The maximum atomic E-state index is 12.6. The number of alkyl halides is 3. The molecule has 0 amide bonds. The van der Waals surface area contributed by atoms with E-state index < -0.39 is 11.7 Å². The lowest BCUT2D eigenvalue weighted by Gasteiger charge is -2.26. The highest BCUT2D eigenvalue weighted by molar-refractivity contribution is 5.33. The maximum absolute atomic E-state index is 12.6. The van der Waals surface area contributed by atoms with Gasteiger partial charge in [-0.3, -0.25) is 4.68 Å². The summed E-state index contributed by atoms with van der Waals surface area (Å²) in [6.45, 7) is 1.68. The lowest BCUT2D eigenvalue weighted by Crippen LogP contribution is -2.43. The van der Waals surface area contributed by atoms with Crippen molar-refractivity contribution in [3.05, 3.63) is 42.2 Å². The lowest BCUT2D eigenvalue weighted by molar-refractivity contribution is -0.137. The van der Waals surface area contributed by atoms with Crippen molar-refractivity contribution in [1.29, 1.82) is 0 Å². The summed E-state index contributed by atoms with van der Waals surface area (Å²) in [6.07, 6.45) is -1.19. The van der Waals surface area contributed by atoms with E-state index in [2.05, 4.69) is 10.4 Å². The zero-order valence-electron chi connectivity index (χ0n) is 10.4. The van der Waals surface area contributed by atoms with Crippen LogP contribution >= 0.6 is 0 Å². The van der Waals surface area contributed by atoms with Crippen LogP contribution in [0.15, 0.2) is 36.7 Å². The Kier molecular flexibility index (Phi) is 3.13. The first kappa shape index (κ1) is 13.0. The fraction of sp³-hybridized carbons (Fsp3) is 0.308. The minimum atomic E-state index is -4.37. The van der Waals surface area contributed by atoms with Crippen molar-refractivity contribution >= 4 is 0 Å². The first-order chi connectivity index (χ1) is 9.52. The van der Waals surface area contributed by atoms with E-state index in [1.807, 2.05) is 0 Å². The molecule has 20 heavy (non-hydrogen) atoms. The van der Waals surface area contributed by atoms with E-state index in [0.29, 0.717) is 5.75 Å². The van der Waals surface area contributed by atoms with Gasteiger partial charge in [0.1, 0.15) is 5.75 Å². The zero-order valence-corrected chi connectivity index (χ0v) is 10.4. The van der Waals surface area contributed by atoms with Gasteiger partial charge in [-0.25, -0.2) is 0 Å². The summed E-state index contributed by atoms with van der Waals surface area (Å²) in [5.74, 6) is 0.572. The van der Waals surface area contributed by atoms with Crippen LogP contribution in [0.2, 0.25) is 0 Å². The summed E-state index contributed by atoms with van der Waals surface area (Å²) >= 11 is 0. The van der Waals surface area contributed by atoms with Gasteiger partial charge in [0.2, 0.25) is 0 Å². The molecule has 0 aliphatic carbocycles. The first-order valence-electron chi connectivity index (χ1n) is 6.12. The number of halogens is 3. The van der Waals surface area contributed by atoms with E-state index >= 15 is 0 Å². The quantitative estimate of drug-likeness (QED) is 0.941. The highest BCUT2D eigenvalue weighted by Crippen LogP contribution is 2.32. The van der Waals surface area contributed by atoms with Gasteiger partial charge in [-0.05, 0) is 18.2 Å². The Hall–Kier alpha value is -2.02. The molecule has 2 heterocycles. The third-order valence-corrected chi connectivity index (χ3v) is 3.11. The molecule has 0 unspecified atom stereocenters. The molecule has 7 heteroatoms. The topological polar surface area (TPSA) is 39.1 Å². The van der Waals surface area contributed by atoms with Gasteiger partial charge in [-0.2, -0.15) is 18.3 Å². The van der Waals surface area contributed by atoms with Gasteiger partial charge in [0.05, 0.1) is 24.0 Å². The van der Waals surface area contributed by atoms with Gasteiger partial charge < -0.3 is 10.1 Å². The third-order valence-electron chi connectivity index (χ3n) is 3.11. The number of ether oxygens (including phenoxy) is 1. The van der Waals surface area contributed by atoms with Crippen molar-refractivity contribution in [2.45, 2.75) is 12.2 Å². The van der Waals surface area contributed by atoms with Gasteiger partial charge in [0, 0.05) is 13.1 Å². The summed E-state index contributed by atoms with van der Waals surface area (Å²) < 4.78 is 44.9. The Balaban J connectivity index is 1.75. The van der Waals surface area contributed by atoms with E-state index in [1.165, 1.54) is 18.3 Å². The van der Waals surface area contributed by atoms with E-state index in [4.69, 9.17) is 4.74 Å². The molecular weight excluding hydrogens is 271 g/mol. The van der Waals surface area contributed by atoms with Crippen LogP contribution in [0.3, 0.4) is 0 Å². The molecule has 1 fully saturated rings. The summed E-state index contributed by atoms with van der Waals surface area (Å²) in [7, 11) is 0. The van der Waals surface area contributed by atoms with Crippen molar-refractivity contribution in [3.63, 3.8) is 0 Å². The Morgan fingerprint density at radius 3 is 2.70 bits per heavy atom. The van der Waals surface area contributed by atoms with E-state index in [-0.39, 0.29) is 11.8 Å². The summed E-state index contributed by atoms with van der Waals surface area (Å²) in [5.41, 5.74) is -0.731. The minimum absolute atomic E-state index is 0.145. The van der Waals surface area contributed by atoms with Crippen LogP contribution in [-0.2, 0) is 6.18 Å². The second-order valence-electron chi connectivity index (χ2n) is 4.60. The smallest absolute Gasteiger partial charge is 0.416 e. The van der Waals surface area contributed by atoms with E-state index in [0.717, 1.165) is 25.2 Å². The monoisotopic (exact) mass is 283 g/mol. The highest BCUT2D eigenvalue weighted by atomic mass is 19.4. The number of nitrogens with one attached hydrogen (secondary N) is 1. The Morgan fingerprint density at radius 2 is 2.05 bits per heavy atom. The Labute approximate surface area is 113 Å². The number of rotatable bonds is 3. The van der Waals surface area contributed by atoms with Crippen LogP contribution in [-0.4, -0.2) is 22.9 Å². The van der Waals surface area contributed by atoms with Gasteiger partial charge in [-0.1, -0.05) is 6.07 Å². The van der Waals surface area contributed by atoms with Crippen LogP contribution in [0.5, 0.6) is 11.5 Å². The number of hydrogen-bond acceptors (Lipinski definition) is 3. The molecule has 4 nitrogen and oxygen atoms in total. The lowest BCUT2D eigenvalue weighted by atomic mass is 10.2. The maximum Gasteiger partial charge on any atom is 0.416 e. The zero-order chi connectivity index (χ0) is 14.2. The highest BCUT2D eigenvalue weighted by Gasteiger charge is 2.30. The summed E-state index contributed by atoms with van der Waals surface area (Å²) in [5, 5.41) is 7.25. The molecule has 0 saturated carbocycles. The van der Waals surface area contributed by atoms with Gasteiger partial charge in [0.15, 0.2) is 5.75 Å². The normalized spacial score (nSPS) is 15.9. The van der Waals surface area contributed by atoms with Crippen molar-refractivity contribution < 1.29 is 17.9 Å². The molecule has 1 aliphatic rings. The SMILES string of the molecule is FC(F)(F)c1cccc(Oc2cnn(C3CNC3)c2)c1. The molecule has 0 spiro atoms. The molecule has 3 rings (SSSR count). The largest absolute Gasteiger partial charge is 0.454 e. The molecule has 1 N–H and O–H groups in total.